The summed E-state index contributed by atoms with van der Waals surface area (Å²) in [4.78, 5) is 23.6. The molecule has 2 aromatic rings. The maximum Gasteiger partial charge on any atom is 0.320 e. The molecule has 126 valence electrons. The Balaban J connectivity index is 0.000000284. The Bertz CT molecular complexity index is 673. The van der Waals surface area contributed by atoms with Gasteiger partial charge in [0.05, 0.1) is 27.1 Å². The fraction of sp³-hybridized carbons (Fsp3) is 0.375. The first-order chi connectivity index (χ1) is 10.6. The lowest BCUT2D eigenvalue weighted by Crippen LogP contribution is -2.45. The summed E-state index contributed by atoms with van der Waals surface area (Å²) in [6.07, 6.45) is 2.16. The number of H-pyrrole nitrogens is 1. The molecule has 0 spiro atoms. The number of aromatic amines is 1. The summed E-state index contributed by atoms with van der Waals surface area (Å²) in [6.45, 7) is 0.0694. The fourth-order valence-corrected chi connectivity index (χ4v) is 2.01. The van der Waals surface area contributed by atoms with Gasteiger partial charge in [0.15, 0.2) is 0 Å². The summed E-state index contributed by atoms with van der Waals surface area (Å²) < 4.78 is 0.419. The third-order valence-electron chi connectivity index (χ3n) is 3.04. The van der Waals surface area contributed by atoms with Crippen molar-refractivity contribution in [3.63, 3.8) is 0 Å². The van der Waals surface area contributed by atoms with Crippen molar-refractivity contribution in [3.05, 3.63) is 36.0 Å². The molecule has 1 aromatic heterocycles. The topological polar surface area (TPSA) is 119 Å². The zero-order valence-corrected chi connectivity index (χ0v) is 13.6. The van der Waals surface area contributed by atoms with Crippen LogP contribution in [0.1, 0.15) is 5.56 Å². The first kappa shape index (κ1) is 18.7. The quantitative estimate of drug-likeness (QED) is 0.645. The molecule has 23 heavy (non-hydrogen) atoms. The highest BCUT2D eigenvalue weighted by Crippen LogP contribution is 2.18. The first-order valence-corrected chi connectivity index (χ1v) is 7.14. The predicted octanol–water partition coefficient (Wildman–Crippen LogP) is -0.435. The molecule has 0 saturated heterocycles. The van der Waals surface area contributed by atoms with Crippen molar-refractivity contribution < 1.29 is 24.3 Å². The molecule has 0 aliphatic rings. The van der Waals surface area contributed by atoms with Crippen LogP contribution < -0.4 is 10.8 Å². The van der Waals surface area contributed by atoms with Gasteiger partial charge < -0.3 is 30.2 Å². The molecule has 0 bridgehead atoms. The summed E-state index contributed by atoms with van der Waals surface area (Å²) in [5.74, 6) is -1.97. The van der Waals surface area contributed by atoms with E-state index in [1.54, 1.807) is 21.1 Å². The Morgan fingerprint density at radius 2 is 1.91 bits per heavy atom. The highest BCUT2D eigenvalue weighted by Gasteiger charge is 2.14. The average Bonchev–Trinajstić information content (AvgIpc) is 2.80. The molecule has 1 atom stereocenters. The van der Waals surface area contributed by atoms with Gasteiger partial charge in [-0.25, -0.2) is 0 Å². The number of carboxylic acids is 2. The number of nitrogens with two attached hydrogens (primary N) is 1. The van der Waals surface area contributed by atoms with Crippen molar-refractivity contribution in [3.8, 4) is 0 Å². The Morgan fingerprint density at radius 3 is 2.39 bits per heavy atom. The fourth-order valence-electron chi connectivity index (χ4n) is 2.01. The number of nitrogens with zero attached hydrogens (tertiary/aromatic N) is 1. The number of hydrogen-bond acceptors (Lipinski definition) is 4. The number of aliphatic carboxylic acids is 2. The van der Waals surface area contributed by atoms with Crippen molar-refractivity contribution in [2.75, 3.05) is 27.7 Å². The normalized spacial score (nSPS) is 12.3. The molecule has 7 nitrogen and oxygen atoms in total. The van der Waals surface area contributed by atoms with Crippen molar-refractivity contribution >= 4 is 22.8 Å². The zero-order chi connectivity index (χ0) is 17.6. The van der Waals surface area contributed by atoms with Crippen LogP contribution in [0.2, 0.25) is 0 Å². The number of fused-ring (bicyclic) bond motifs is 1. The summed E-state index contributed by atoms with van der Waals surface area (Å²) in [6, 6.07) is 6.91. The van der Waals surface area contributed by atoms with Crippen LogP contribution in [-0.2, 0) is 16.0 Å². The van der Waals surface area contributed by atoms with Gasteiger partial charge in [0.1, 0.15) is 12.6 Å². The lowest BCUT2D eigenvalue weighted by atomic mass is 10.1. The van der Waals surface area contributed by atoms with E-state index in [9.17, 15) is 14.7 Å². The number of aromatic nitrogens is 1. The van der Waals surface area contributed by atoms with E-state index < -0.39 is 18.0 Å². The lowest BCUT2D eigenvalue weighted by Gasteiger charge is -2.23. The van der Waals surface area contributed by atoms with Gasteiger partial charge in [-0.05, 0) is 11.6 Å². The highest BCUT2D eigenvalue weighted by molar-refractivity contribution is 5.84. The Labute approximate surface area is 134 Å². The van der Waals surface area contributed by atoms with Gasteiger partial charge in [0.25, 0.3) is 0 Å². The standard InChI is InChI=1S/C11H12N2O2.C5H11NO2/c12-9(11(14)15)5-7-6-13-10-4-2-1-3-8(7)10;1-6(2,3)4-5(7)8/h1-4,6,9,13H,5,12H2,(H,14,15);4H2,1-3H3/t9-;/m0./s1. The maximum absolute atomic E-state index is 10.6. The molecule has 2 rings (SSSR count). The van der Waals surface area contributed by atoms with Gasteiger partial charge in [-0.3, -0.25) is 4.79 Å². The summed E-state index contributed by atoms with van der Waals surface area (Å²) in [7, 11) is 5.40. The molecule has 0 saturated carbocycles. The second kappa shape index (κ2) is 7.75. The number of benzene rings is 1. The number of carboxylic acid groups (broad SMARTS) is 2. The van der Waals surface area contributed by atoms with Crippen LogP contribution in [0.3, 0.4) is 0 Å². The SMILES string of the molecule is C[N+](C)(C)CC(=O)[O-].N[C@@H](Cc1c[nH]c2ccccc12)C(=O)O. The number of hydrogen-bond donors (Lipinski definition) is 3. The monoisotopic (exact) mass is 321 g/mol. The Hall–Kier alpha value is -2.38. The number of likely N-dealkylation sites (N-methyl/N-ethyl adjacent to an activating group) is 1. The number of carbonyl (C=O) groups excluding carboxylic acids is 1. The summed E-state index contributed by atoms with van der Waals surface area (Å²) in [5, 5.41) is 19.6. The van der Waals surface area contributed by atoms with Crippen LogP contribution in [0.15, 0.2) is 30.5 Å². The highest BCUT2D eigenvalue weighted by atomic mass is 16.4. The minimum absolute atomic E-state index is 0.0694. The van der Waals surface area contributed by atoms with E-state index in [-0.39, 0.29) is 6.54 Å². The van der Waals surface area contributed by atoms with Crippen LogP contribution in [0.25, 0.3) is 10.9 Å². The van der Waals surface area contributed by atoms with Crippen molar-refractivity contribution in [2.45, 2.75) is 12.5 Å². The Kier molecular flexibility index (Phi) is 6.29. The van der Waals surface area contributed by atoms with E-state index in [1.165, 1.54) is 0 Å². The minimum Gasteiger partial charge on any atom is -0.544 e. The van der Waals surface area contributed by atoms with Crippen LogP contribution >= 0.6 is 0 Å². The Morgan fingerprint density at radius 1 is 1.30 bits per heavy atom. The van der Waals surface area contributed by atoms with Crippen molar-refractivity contribution in [2.24, 2.45) is 5.73 Å². The summed E-state index contributed by atoms with van der Waals surface area (Å²) in [5.41, 5.74) is 7.43. The van der Waals surface area contributed by atoms with Gasteiger partial charge in [-0.2, -0.15) is 0 Å². The van der Waals surface area contributed by atoms with Gasteiger partial charge in [0.2, 0.25) is 0 Å². The summed E-state index contributed by atoms with van der Waals surface area (Å²) >= 11 is 0. The molecule has 1 aromatic carbocycles. The van der Waals surface area contributed by atoms with Gasteiger partial charge in [-0.15, -0.1) is 0 Å². The van der Waals surface area contributed by atoms with E-state index in [1.807, 2.05) is 30.5 Å². The molecule has 0 radical (unpaired) electrons. The molecule has 7 heteroatoms. The number of nitrogens with one attached hydrogen (secondary N) is 1. The van der Waals surface area contributed by atoms with Crippen LogP contribution in [0, 0.1) is 0 Å². The smallest absolute Gasteiger partial charge is 0.320 e. The van der Waals surface area contributed by atoms with E-state index in [0.29, 0.717) is 10.9 Å². The van der Waals surface area contributed by atoms with E-state index in [2.05, 4.69) is 4.98 Å². The molecule has 4 N–H and O–H groups in total. The number of para-hydroxylation sites is 1. The molecular weight excluding hydrogens is 298 g/mol. The molecule has 0 fully saturated rings. The van der Waals surface area contributed by atoms with Gasteiger partial charge >= 0.3 is 5.97 Å². The van der Waals surface area contributed by atoms with E-state index in [0.717, 1.165) is 16.5 Å². The molecule has 1 heterocycles. The minimum atomic E-state index is -1.00. The molecule has 0 unspecified atom stereocenters. The maximum atomic E-state index is 10.6. The van der Waals surface area contributed by atoms with Crippen LogP contribution in [-0.4, -0.2) is 60.2 Å². The average molecular weight is 321 g/mol. The second-order valence-electron chi connectivity index (χ2n) is 6.33. The molecule has 0 amide bonds. The largest absolute Gasteiger partial charge is 0.544 e. The molecule has 0 aliphatic heterocycles. The molecule has 0 aliphatic carbocycles. The number of quaternary nitrogens is 1. The van der Waals surface area contributed by atoms with Crippen molar-refractivity contribution in [1.82, 2.24) is 4.98 Å². The van der Waals surface area contributed by atoms with E-state index in [4.69, 9.17) is 10.8 Å². The molecular formula is C16H23N3O4. The predicted molar refractivity (Wildman–Crippen MR) is 85.5 cm³/mol. The lowest BCUT2D eigenvalue weighted by molar-refractivity contribution is -0.864. The number of rotatable bonds is 5. The van der Waals surface area contributed by atoms with Crippen LogP contribution in [0.5, 0.6) is 0 Å². The van der Waals surface area contributed by atoms with Crippen molar-refractivity contribution in [1.29, 1.82) is 0 Å². The third kappa shape index (κ3) is 6.50. The van der Waals surface area contributed by atoms with Gasteiger partial charge in [0, 0.05) is 23.5 Å². The first-order valence-electron chi connectivity index (χ1n) is 7.14. The zero-order valence-electron chi connectivity index (χ0n) is 13.6. The number of carbonyl (C=O) groups is 2. The third-order valence-corrected chi connectivity index (χ3v) is 3.04. The second-order valence-corrected chi connectivity index (χ2v) is 6.33. The van der Waals surface area contributed by atoms with Gasteiger partial charge in [-0.1, -0.05) is 18.2 Å². The van der Waals surface area contributed by atoms with Crippen LogP contribution in [0.4, 0.5) is 0 Å². The van der Waals surface area contributed by atoms with E-state index >= 15 is 0 Å².